The Morgan fingerprint density at radius 3 is 1.94 bits per heavy atom. The molecule has 0 N–H and O–H groups in total. The van der Waals surface area contributed by atoms with Gasteiger partial charge in [0.2, 0.25) is 0 Å². The Labute approximate surface area is 112 Å². The van der Waals surface area contributed by atoms with E-state index in [1.54, 1.807) is 0 Å². The minimum absolute atomic E-state index is 0.0357. The third-order valence-electron chi connectivity index (χ3n) is 2.96. The zero-order chi connectivity index (χ0) is 12.4. The zero-order valence-electron chi connectivity index (χ0n) is 10.5. The summed E-state index contributed by atoms with van der Waals surface area (Å²) in [6, 6.07) is 8.73. The summed E-state index contributed by atoms with van der Waals surface area (Å²) >= 11 is 1.87. The molecule has 0 heterocycles. The van der Waals surface area contributed by atoms with Gasteiger partial charge >= 0.3 is 0 Å². The minimum Gasteiger partial charge on any atom is -0.154 e. The SMILES string of the molecule is CSC(C)(C)c1cccc(C(C)(C)SCl)c1. The van der Waals surface area contributed by atoms with Gasteiger partial charge in [0, 0.05) is 4.75 Å². The molecule has 0 nitrogen and oxygen atoms in total. The van der Waals surface area contributed by atoms with E-state index in [4.69, 9.17) is 10.7 Å². The van der Waals surface area contributed by atoms with E-state index < -0.39 is 0 Å². The van der Waals surface area contributed by atoms with Crippen LogP contribution >= 0.6 is 33.4 Å². The molecule has 16 heavy (non-hydrogen) atoms. The van der Waals surface area contributed by atoms with Crippen molar-refractivity contribution >= 4 is 33.4 Å². The van der Waals surface area contributed by atoms with Crippen molar-refractivity contribution < 1.29 is 0 Å². The molecule has 90 valence electrons. The summed E-state index contributed by atoms with van der Waals surface area (Å²) in [5.41, 5.74) is 2.64. The lowest BCUT2D eigenvalue weighted by Crippen LogP contribution is -2.15. The number of thioether (sulfide) groups is 1. The molecule has 1 rings (SSSR count). The molecule has 0 radical (unpaired) electrons. The molecule has 3 heteroatoms. The molecule has 0 saturated heterocycles. The van der Waals surface area contributed by atoms with Crippen molar-refractivity contribution in [2.75, 3.05) is 6.26 Å². The summed E-state index contributed by atoms with van der Waals surface area (Å²) in [5.74, 6) is 0. The van der Waals surface area contributed by atoms with Gasteiger partial charge in [0.15, 0.2) is 0 Å². The van der Waals surface area contributed by atoms with Crippen LogP contribution in [0.4, 0.5) is 0 Å². The molecule has 0 aliphatic heterocycles. The largest absolute Gasteiger partial charge is 0.154 e. The normalized spacial score (nSPS) is 12.9. The van der Waals surface area contributed by atoms with Crippen molar-refractivity contribution in [2.24, 2.45) is 0 Å². The average Bonchev–Trinajstić information content (AvgIpc) is 2.29. The van der Waals surface area contributed by atoms with Crippen LogP contribution in [0.25, 0.3) is 0 Å². The molecule has 0 aromatic heterocycles. The Bertz CT molecular complexity index is 327. The van der Waals surface area contributed by atoms with Crippen LogP contribution in [0, 0.1) is 0 Å². The second kappa shape index (κ2) is 5.24. The van der Waals surface area contributed by atoms with Crippen molar-refractivity contribution in [3.8, 4) is 0 Å². The highest BCUT2D eigenvalue weighted by Gasteiger charge is 2.24. The molecule has 0 atom stereocenters. The third-order valence-corrected chi connectivity index (χ3v) is 5.99. The van der Waals surface area contributed by atoms with E-state index in [2.05, 4.69) is 58.2 Å². The molecule has 0 aliphatic rings. The number of hydrogen-bond donors (Lipinski definition) is 0. The molecule has 0 fully saturated rings. The molecule has 0 unspecified atom stereocenters. The smallest absolute Gasteiger partial charge is 0.0503 e. The van der Waals surface area contributed by atoms with Gasteiger partial charge in [-0.2, -0.15) is 11.8 Å². The summed E-state index contributed by atoms with van der Waals surface area (Å²) < 4.78 is 0.120. The van der Waals surface area contributed by atoms with E-state index in [0.717, 1.165) is 0 Å². The molecule has 1 aromatic carbocycles. The topological polar surface area (TPSA) is 0 Å². The molecule has 0 amide bonds. The van der Waals surface area contributed by atoms with Crippen LogP contribution in [-0.2, 0) is 9.49 Å². The summed E-state index contributed by atoms with van der Waals surface area (Å²) in [7, 11) is 7.31. The van der Waals surface area contributed by atoms with Crippen molar-refractivity contribution in [1.29, 1.82) is 0 Å². The molecular weight excluding hydrogens is 256 g/mol. The van der Waals surface area contributed by atoms with Crippen molar-refractivity contribution in [2.45, 2.75) is 37.2 Å². The summed E-state index contributed by atoms with van der Waals surface area (Å²) in [5, 5.41) is 0. The lowest BCUT2D eigenvalue weighted by atomic mass is 9.95. The van der Waals surface area contributed by atoms with Gasteiger partial charge in [-0.25, -0.2) is 0 Å². The average molecular weight is 275 g/mol. The summed E-state index contributed by atoms with van der Waals surface area (Å²) in [6.07, 6.45) is 2.15. The lowest BCUT2D eigenvalue weighted by Gasteiger charge is -2.26. The first-order chi connectivity index (χ1) is 7.33. The van der Waals surface area contributed by atoms with E-state index in [1.807, 2.05) is 11.8 Å². The Kier molecular flexibility index (Phi) is 4.67. The van der Waals surface area contributed by atoms with E-state index in [-0.39, 0.29) is 9.49 Å². The van der Waals surface area contributed by atoms with E-state index in [0.29, 0.717) is 0 Å². The molecule has 0 saturated carbocycles. The molecule has 0 bridgehead atoms. The first-order valence-corrected chi connectivity index (χ1v) is 8.16. The van der Waals surface area contributed by atoms with E-state index in [9.17, 15) is 0 Å². The Hall–Kier alpha value is 0.210. The van der Waals surface area contributed by atoms with Gasteiger partial charge in [-0.15, -0.1) is 0 Å². The van der Waals surface area contributed by atoms with Crippen LogP contribution in [0.1, 0.15) is 38.8 Å². The third kappa shape index (κ3) is 3.12. The monoisotopic (exact) mass is 274 g/mol. The van der Waals surface area contributed by atoms with Crippen LogP contribution in [0.15, 0.2) is 24.3 Å². The van der Waals surface area contributed by atoms with Crippen molar-refractivity contribution in [3.05, 3.63) is 35.4 Å². The summed E-state index contributed by atoms with van der Waals surface area (Å²) in [4.78, 5) is 0. The molecular formula is C13H19ClS2. The summed E-state index contributed by atoms with van der Waals surface area (Å²) in [6.45, 7) is 8.79. The van der Waals surface area contributed by atoms with Crippen molar-refractivity contribution in [3.63, 3.8) is 0 Å². The fourth-order valence-electron chi connectivity index (χ4n) is 1.43. The minimum atomic E-state index is -0.0357. The number of benzene rings is 1. The lowest BCUT2D eigenvalue weighted by molar-refractivity contribution is 0.757. The van der Waals surface area contributed by atoms with E-state index >= 15 is 0 Å². The van der Waals surface area contributed by atoms with E-state index in [1.165, 1.54) is 22.1 Å². The fourth-order valence-corrected chi connectivity index (χ4v) is 2.28. The van der Waals surface area contributed by atoms with Gasteiger partial charge in [0.05, 0.1) is 4.75 Å². The highest BCUT2D eigenvalue weighted by molar-refractivity contribution is 8.21. The van der Waals surface area contributed by atoms with Crippen LogP contribution in [0.3, 0.4) is 0 Å². The zero-order valence-corrected chi connectivity index (χ0v) is 12.9. The maximum absolute atomic E-state index is 5.94. The second-order valence-electron chi connectivity index (χ2n) is 4.88. The van der Waals surface area contributed by atoms with Gasteiger partial charge in [-0.1, -0.05) is 24.3 Å². The highest BCUT2D eigenvalue weighted by Crippen LogP contribution is 2.41. The van der Waals surface area contributed by atoms with Gasteiger partial charge in [-0.05, 0) is 66.7 Å². The number of hydrogen-bond acceptors (Lipinski definition) is 2. The molecule has 1 aromatic rings. The second-order valence-corrected chi connectivity index (χ2v) is 7.95. The Balaban J connectivity index is 3.14. The maximum Gasteiger partial charge on any atom is 0.0503 e. The van der Waals surface area contributed by atoms with Crippen LogP contribution < -0.4 is 0 Å². The van der Waals surface area contributed by atoms with Crippen molar-refractivity contribution in [1.82, 2.24) is 0 Å². The fraction of sp³-hybridized carbons (Fsp3) is 0.538. The van der Waals surface area contributed by atoms with Gasteiger partial charge in [0.1, 0.15) is 0 Å². The number of rotatable bonds is 4. The van der Waals surface area contributed by atoms with Crippen LogP contribution in [-0.4, -0.2) is 6.26 Å². The molecule has 0 spiro atoms. The number of halogens is 1. The quantitative estimate of drug-likeness (QED) is 0.720. The Morgan fingerprint density at radius 2 is 1.50 bits per heavy atom. The predicted molar refractivity (Wildman–Crippen MR) is 79.5 cm³/mol. The van der Waals surface area contributed by atoms with Gasteiger partial charge in [-0.3, -0.25) is 0 Å². The highest BCUT2D eigenvalue weighted by atomic mass is 35.7. The van der Waals surface area contributed by atoms with Gasteiger partial charge in [0.25, 0.3) is 0 Å². The van der Waals surface area contributed by atoms with Gasteiger partial charge < -0.3 is 0 Å². The first kappa shape index (κ1) is 14.3. The predicted octanol–water partition coefficient (Wildman–Crippen LogP) is 5.41. The van der Waals surface area contributed by atoms with Crippen LogP contribution in [0.5, 0.6) is 0 Å². The van der Waals surface area contributed by atoms with Crippen LogP contribution in [0.2, 0.25) is 0 Å². The maximum atomic E-state index is 5.94. The molecule has 0 aliphatic carbocycles. The first-order valence-electron chi connectivity index (χ1n) is 5.29. The Morgan fingerprint density at radius 1 is 1.00 bits per heavy atom. The standard InChI is InChI=1S/C13H19ClS2/c1-12(2,15-5)10-7-6-8-11(9-10)13(3,4)16-14/h6-9H,1-5H3.